The highest BCUT2D eigenvalue weighted by molar-refractivity contribution is 5.62. The van der Waals surface area contributed by atoms with Gasteiger partial charge in [-0.2, -0.15) is 0 Å². The summed E-state index contributed by atoms with van der Waals surface area (Å²) < 4.78 is 11.2. The van der Waals surface area contributed by atoms with Gasteiger partial charge in [0.2, 0.25) is 0 Å². The number of hydrogen-bond acceptors (Lipinski definition) is 4. The lowest BCUT2D eigenvalue weighted by atomic mass is 10.2. The minimum Gasteiger partial charge on any atom is -0.497 e. The Morgan fingerprint density at radius 3 is 2.74 bits per heavy atom. The van der Waals surface area contributed by atoms with Crippen LogP contribution in [0.25, 0.3) is 0 Å². The zero-order valence-electron chi connectivity index (χ0n) is 11.9. The fourth-order valence-electron chi connectivity index (χ4n) is 2.23. The minimum absolute atomic E-state index is 0.780. The largest absolute Gasteiger partial charge is 0.497 e. The molecule has 0 bridgehead atoms. The van der Waals surface area contributed by atoms with Crippen molar-refractivity contribution in [3.63, 3.8) is 0 Å². The van der Waals surface area contributed by atoms with Gasteiger partial charge in [0.25, 0.3) is 0 Å². The summed E-state index contributed by atoms with van der Waals surface area (Å²) in [4.78, 5) is 2.36. The lowest BCUT2D eigenvalue weighted by Gasteiger charge is -2.31. The summed E-state index contributed by atoms with van der Waals surface area (Å²) in [6.45, 7) is 7.02. The van der Waals surface area contributed by atoms with E-state index in [4.69, 9.17) is 9.47 Å². The molecule has 4 heteroatoms. The third-order valence-corrected chi connectivity index (χ3v) is 3.38. The first-order valence-corrected chi connectivity index (χ1v) is 7.11. The number of unbranched alkanes of at least 4 members (excludes halogenated alkanes) is 1. The standard InChI is InChI=1S/C15H24N2O2/c1-3-4-11-19-15-6-5-13(18-2)12-14(15)17-9-7-16-8-10-17/h5-6,12,16H,3-4,7-11H2,1-2H3. The van der Waals surface area contributed by atoms with Gasteiger partial charge in [0.05, 0.1) is 19.4 Å². The molecule has 0 saturated carbocycles. The van der Waals surface area contributed by atoms with Crippen LogP contribution in [0, 0.1) is 0 Å². The maximum absolute atomic E-state index is 5.91. The molecule has 1 heterocycles. The minimum atomic E-state index is 0.780. The SMILES string of the molecule is CCCCOc1ccc(OC)cc1N1CCNCC1. The van der Waals surface area contributed by atoms with Crippen LogP contribution < -0.4 is 19.7 Å². The zero-order valence-corrected chi connectivity index (χ0v) is 11.9. The Balaban J connectivity index is 2.15. The number of rotatable bonds is 6. The second kappa shape index (κ2) is 7.24. The Morgan fingerprint density at radius 2 is 2.05 bits per heavy atom. The van der Waals surface area contributed by atoms with Gasteiger partial charge in [-0.1, -0.05) is 13.3 Å². The Hall–Kier alpha value is -1.42. The number of nitrogens with one attached hydrogen (secondary N) is 1. The first-order valence-electron chi connectivity index (χ1n) is 7.11. The number of hydrogen-bond donors (Lipinski definition) is 1. The van der Waals surface area contributed by atoms with Crippen LogP contribution in [-0.4, -0.2) is 39.9 Å². The van der Waals surface area contributed by atoms with E-state index >= 15 is 0 Å². The molecule has 4 nitrogen and oxygen atoms in total. The third-order valence-electron chi connectivity index (χ3n) is 3.38. The number of anilines is 1. The van der Waals surface area contributed by atoms with Crippen LogP contribution in [0.4, 0.5) is 5.69 Å². The van der Waals surface area contributed by atoms with E-state index in [1.54, 1.807) is 7.11 Å². The molecule has 0 spiro atoms. The molecule has 106 valence electrons. The molecule has 2 rings (SSSR count). The average molecular weight is 264 g/mol. The topological polar surface area (TPSA) is 33.7 Å². The van der Waals surface area contributed by atoms with E-state index in [0.717, 1.165) is 62.8 Å². The van der Waals surface area contributed by atoms with Crippen molar-refractivity contribution in [3.8, 4) is 11.5 Å². The molecular formula is C15H24N2O2. The van der Waals surface area contributed by atoms with Crippen LogP contribution in [0.5, 0.6) is 11.5 Å². The highest BCUT2D eigenvalue weighted by Crippen LogP contribution is 2.32. The van der Waals surface area contributed by atoms with Crippen LogP contribution in [0.3, 0.4) is 0 Å². The number of ether oxygens (including phenoxy) is 2. The molecule has 1 N–H and O–H groups in total. The normalized spacial score (nSPS) is 15.4. The van der Waals surface area contributed by atoms with Crippen LogP contribution in [-0.2, 0) is 0 Å². The summed E-state index contributed by atoms with van der Waals surface area (Å²) in [5.41, 5.74) is 1.15. The van der Waals surface area contributed by atoms with Crippen molar-refractivity contribution in [2.75, 3.05) is 44.8 Å². The van der Waals surface area contributed by atoms with Crippen molar-refractivity contribution in [1.82, 2.24) is 5.32 Å². The average Bonchev–Trinajstić information content (AvgIpc) is 2.48. The Kier molecular flexibility index (Phi) is 5.33. The molecule has 1 fully saturated rings. The maximum Gasteiger partial charge on any atom is 0.142 e. The molecule has 1 aromatic carbocycles. The molecule has 1 aliphatic rings. The first-order chi connectivity index (χ1) is 9.35. The van der Waals surface area contributed by atoms with E-state index in [1.807, 2.05) is 12.1 Å². The maximum atomic E-state index is 5.91. The quantitative estimate of drug-likeness (QED) is 0.799. The van der Waals surface area contributed by atoms with E-state index in [-0.39, 0.29) is 0 Å². The van der Waals surface area contributed by atoms with Crippen LogP contribution >= 0.6 is 0 Å². The van der Waals surface area contributed by atoms with E-state index in [1.165, 1.54) is 0 Å². The summed E-state index contributed by atoms with van der Waals surface area (Å²) in [7, 11) is 1.70. The molecular weight excluding hydrogens is 240 g/mol. The Labute approximate surface area is 115 Å². The molecule has 1 saturated heterocycles. The second-order valence-corrected chi connectivity index (χ2v) is 4.77. The predicted molar refractivity (Wildman–Crippen MR) is 78.5 cm³/mol. The Morgan fingerprint density at radius 1 is 1.26 bits per heavy atom. The van der Waals surface area contributed by atoms with E-state index in [9.17, 15) is 0 Å². The van der Waals surface area contributed by atoms with Crippen molar-refractivity contribution in [2.45, 2.75) is 19.8 Å². The van der Waals surface area contributed by atoms with Gasteiger partial charge in [-0.05, 0) is 18.6 Å². The van der Waals surface area contributed by atoms with Gasteiger partial charge >= 0.3 is 0 Å². The summed E-state index contributed by atoms with van der Waals surface area (Å²) in [6.07, 6.45) is 2.24. The van der Waals surface area contributed by atoms with E-state index in [0.29, 0.717) is 0 Å². The molecule has 1 aromatic rings. The van der Waals surface area contributed by atoms with Gasteiger partial charge < -0.3 is 19.7 Å². The summed E-state index contributed by atoms with van der Waals surface area (Å²) in [5, 5.41) is 3.37. The van der Waals surface area contributed by atoms with E-state index < -0.39 is 0 Å². The fourth-order valence-corrected chi connectivity index (χ4v) is 2.23. The smallest absolute Gasteiger partial charge is 0.142 e. The molecule has 0 radical (unpaired) electrons. The van der Waals surface area contributed by atoms with Crippen molar-refractivity contribution in [2.24, 2.45) is 0 Å². The molecule has 1 aliphatic heterocycles. The van der Waals surface area contributed by atoms with Gasteiger partial charge in [-0.15, -0.1) is 0 Å². The van der Waals surface area contributed by atoms with Gasteiger partial charge in [0, 0.05) is 32.2 Å². The fraction of sp³-hybridized carbons (Fsp3) is 0.600. The van der Waals surface area contributed by atoms with Crippen LogP contribution in [0.2, 0.25) is 0 Å². The van der Waals surface area contributed by atoms with Crippen LogP contribution in [0.15, 0.2) is 18.2 Å². The lowest BCUT2D eigenvalue weighted by Crippen LogP contribution is -2.43. The number of nitrogens with zero attached hydrogens (tertiary/aromatic N) is 1. The summed E-state index contributed by atoms with van der Waals surface area (Å²) in [6, 6.07) is 6.06. The van der Waals surface area contributed by atoms with Crippen molar-refractivity contribution in [1.29, 1.82) is 0 Å². The molecule has 19 heavy (non-hydrogen) atoms. The van der Waals surface area contributed by atoms with Gasteiger partial charge in [-0.3, -0.25) is 0 Å². The number of methoxy groups -OCH3 is 1. The molecule has 0 aliphatic carbocycles. The molecule has 0 aromatic heterocycles. The van der Waals surface area contributed by atoms with Crippen molar-refractivity contribution in [3.05, 3.63) is 18.2 Å². The number of piperazine rings is 1. The first kappa shape index (κ1) is 14.0. The third kappa shape index (κ3) is 3.77. The summed E-state index contributed by atoms with van der Waals surface area (Å²) in [5.74, 6) is 1.85. The Bertz CT molecular complexity index is 390. The van der Waals surface area contributed by atoms with Gasteiger partial charge in [-0.25, -0.2) is 0 Å². The second-order valence-electron chi connectivity index (χ2n) is 4.77. The predicted octanol–water partition coefficient (Wildman–Crippen LogP) is 2.28. The van der Waals surface area contributed by atoms with Crippen molar-refractivity contribution >= 4 is 5.69 Å². The molecule has 0 amide bonds. The highest BCUT2D eigenvalue weighted by atomic mass is 16.5. The lowest BCUT2D eigenvalue weighted by molar-refractivity contribution is 0.308. The van der Waals surface area contributed by atoms with Crippen molar-refractivity contribution < 1.29 is 9.47 Å². The van der Waals surface area contributed by atoms with Gasteiger partial charge in [0.1, 0.15) is 11.5 Å². The summed E-state index contributed by atoms with van der Waals surface area (Å²) >= 11 is 0. The monoisotopic (exact) mass is 264 g/mol. The van der Waals surface area contributed by atoms with E-state index in [2.05, 4.69) is 23.2 Å². The molecule has 0 atom stereocenters. The zero-order chi connectivity index (χ0) is 13.5. The van der Waals surface area contributed by atoms with Crippen LogP contribution in [0.1, 0.15) is 19.8 Å². The highest BCUT2D eigenvalue weighted by Gasteiger charge is 2.16. The molecule has 0 unspecified atom stereocenters. The van der Waals surface area contributed by atoms with Gasteiger partial charge in [0.15, 0.2) is 0 Å². The number of benzene rings is 1.